The molecule has 1 fully saturated rings. The summed E-state index contributed by atoms with van der Waals surface area (Å²) in [4.78, 5) is 27.3. The summed E-state index contributed by atoms with van der Waals surface area (Å²) < 4.78 is 50.9. The number of ether oxygens (including phenoxy) is 2. The van der Waals surface area contributed by atoms with E-state index in [9.17, 15) is 34.1 Å². The van der Waals surface area contributed by atoms with E-state index in [1.807, 2.05) is 6.07 Å². The van der Waals surface area contributed by atoms with Crippen molar-refractivity contribution in [2.75, 3.05) is 32.5 Å². The molecule has 0 spiro atoms. The molecule has 1 aliphatic heterocycles. The Morgan fingerprint density at radius 1 is 1.03 bits per heavy atom. The summed E-state index contributed by atoms with van der Waals surface area (Å²) in [6.45, 7) is 0.756. The van der Waals surface area contributed by atoms with E-state index in [1.165, 1.54) is 101 Å². The first-order valence-corrected chi connectivity index (χ1v) is 22.4. The number of benzene rings is 1. The number of nitrogens with two attached hydrogens (primary N) is 1. The van der Waals surface area contributed by atoms with Crippen molar-refractivity contribution in [1.29, 1.82) is 5.26 Å². The lowest BCUT2D eigenvalue weighted by Crippen LogP contribution is -2.51. The summed E-state index contributed by atoms with van der Waals surface area (Å²) in [6.07, 6.45) is 14.3. The molecule has 1 amide bonds. The minimum Gasteiger partial charge on any atom is -0.387 e. The summed E-state index contributed by atoms with van der Waals surface area (Å²) in [5, 5.41) is 41.1. The number of carbonyl (C=O) groups excluding carboxylic acids is 1. The summed E-state index contributed by atoms with van der Waals surface area (Å²) in [5.41, 5.74) is 5.38. The average Bonchev–Trinajstić information content (AvgIpc) is 3.77. The number of anilines is 1. The van der Waals surface area contributed by atoms with Gasteiger partial charge in [-0.2, -0.15) is 10.4 Å². The largest absolute Gasteiger partial charge is 0.472 e. The predicted octanol–water partition coefficient (Wildman–Crippen LogP) is 5.91. The van der Waals surface area contributed by atoms with Gasteiger partial charge in [0.1, 0.15) is 36.0 Å². The molecule has 4 rings (SSSR count). The van der Waals surface area contributed by atoms with Gasteiger partial charge in [0.25, 0.3) is 0 Å². The average molecular weight is 848 g/mol. The first kappa shape index (κ1) is 48.1. The molecule has 328 valence electrons. The van der Waals surface area contributed by atoms with Crippen molar-refractivity contribution in [3.63, 3.8) is 0 Å². The highest BCUT2D eigenvalue weighted by Gasteiger charge is 2.56. The Kier molecular flexibility index (Phi) is 20.1. The van der Waals surface area contributed by atoms with Gasteiger partial charge < -0.3 is 35.6 Å². The molecule has 7 N–H and O–H groups in total. The number of aromatic nitrogens is 3. The Morgan fingerprint density at radius 3 is 2.31 bits per heavy atom. The van der Waals surface area contributed by atoms with Crippen LogP contribution in [-0.4, -0.2) is 86.8 Å². The van der Waals surface area contributed by atoms with Crippen LogP contribution >= 0.6 is 7.82 Å². The summed E-state index contributed by atoms with van der Waals surface area (Å²) >= 11 is 0. The number of fused-ring (bicyclic) bond motifs is 1. The number of carbonyl (C=O) groups is 1. The van der Waals surface area contributed by atoms with Crippen LogP contribution in [0.5, 0.6) is 0 Å². The predicted molar refractivity (Wildman–Crippen MR) is 219 cm³/mol. The van der Waals surface area contributed by atoms with Crippen molar-refractivity contribution in [1.82, 2.24) is 25.2 Å². The van der Waals surface area contributed by atoms with E-state index in [0.29, 0.717) is 23.9 Å². The van der Waals surface area contributed by atoms with Crippen LogP contribution in [0, 0.1) is 17.1 Å². The lowest BCUT2D eigenvalue weighted by molar-refractivity contribution is -0.122. The van der Waals surface area contributed by atoms with Crippen molar-refractivity contribution >= 4 is 25.1 Å². The molecule has 0 aliphatic carbocycles. The number of nitrogens with one attached hydrogen (secondary N) is 2. The van der Waals surface area contributed by atoms with E-state index in [4.69, 9.17) is 24.3 Å². The van der Waals surface area contributed by atoms with Crippen LogP contribution < -0.4 is 16.4 Å². The van der Waals surface area contributed by atoms with Crippen LogP contribution in [0.2, 0.25) is 0 Å². The van der Waals surface area contributed by atoms with Gasteiger partial charge in [-0.15, -0.1) is 0 Å². The highest BCUT2D eigenvalue weighted by atomic mass is 31.2. The van der Waals surface area contributed by atoms with Crippen molar-refractivity contribution in [2.24, 2.45) is 0 Å². The van der Waals surface area contributed by atoms with Gasteiger partial charge in [0.15, 0.2) is 11.5 Å². The lowest BCUT2D eigenvalue weighted by Gasteiger charge is -2.31. The SMILES string of the molecule is CCCCCCCCCCCCCCCCCC(=O)NC[C@H](COP(=O)(O)OC[C@H]1O[C@@](NC)(c2ccc3c(N)ncnn23)[C@H](O)[C@@H]1O)OCc1cc(F)cc(C#N)c1. The molecule has 59 heavy (non-hydrogen) atoms. The number of halogens is 1. The second-order valence-electron chi connectivity index (χ2n) is 15.2. The number of phosphoric acid groups is 1. The van der Waals surface area contributed by atoms with Crippen molar-refractivity contribution < 1.29 is 47.4 Å². The molecule has 6 atom stereocenters. The second kappa shape index (κ2) is 24.6. The monoisotopic (exact) mass is 847 g/mol. The van der Waals surface area contributed by atoms with Crippen molar-refractivity contribution in [3.05, 3.63) is 59.3 Å². The molecular formula is C41H63FN7O9P. The lowest BCUT2D eigenvalue weighted by atomic mass is 10.00. The molecule has 3 heterocycles. The third-order valence-electron chi connectivity index (χ3n) is 10.6. The highest BCUT2D eigenvalue weighted by Crippen LogP contribution is 2.46. The first-order chi connectivity index (χ1) is 28.4. The fourth-order valence-corrected chi connectivity index (χ4v) is 8.03. The van der Waals surface area contributed by atoms with Gasteiger partial charge in [-0.05, 0) is 49.4 Å². The Labute approximate surface area is 346 Å². The maximum absolute atomic E-state index is 14.1. The van der Waals surface area contributed by atoms with Gasteiger partial charge in [-0.3, -0.25) is 19.2 Å². The standard InChI is InChI=1S/C41H63FN7O9P/c1-3-4-5-6-7-8-9-10-11-12-13-14-15-16-17-18-37(50)46-25-33(55-26-31-21-30(24-43)22-32(42)23-31)27-56-59(53,54)57-28-35-38(51)39(52)41(45-2,58-35)36-20-19-34-40(44)47-29-48-49(34)36/h19-23,29,33,35,38-39,45,51-52H,3-18,25-28H2,1-2H3,(H,46,50)(H,53,54)(H2,44,47,48)/t33-,35-,38-,39-,41+/m1/s1. The number of phosphoric ester groups is 1. The number of rotatable bonds is 29. The number of hydrogen-bond acceptors (Lipinski definition) is 13. The quantitative estimate of drug-likeness (QED) is 0.0352. The number of unbranched alkanes of at least 4 members (excludes halogenated alkanes) is 14. The van der Waals surface area contributed by atoms with Gasteiger partial charge in [-0.1, -0.05) is 96.8 Å². The normalized spacial score (nSPS) is 20.7. The number of likely N-dealkylation sites (N-methyl/N-ethyl adjacent to an activating group) is 1. The zero-order valence-electron chi connectivity index (χ0n) is 34.4. The van der Waals surface area contributed by atoms with Crippen molar-refractivity contribution in [2.45, 2.75) is 146 Å². The number of nitrogens with zero attached hydrogens (tertiary/aromatic N) is 4. The molecule has 0 radical (unpaired) electrons. The molecule has 18 heteroatoms. The van der Waals surface area contributed by atoms with Gasteiger partial charge in [0.2, 0.25) is 5.91 Å². The molecule has 1 aromatic carbocycles. The van der Waals surface area contributed by atoms with E-state index in [0.717, 1.165) is 25.3 Å². The Morgan fingerprint density at radius 2 is 1.68 bits per heavy atom. The van der Waals surface area contributed by atoms with Gasteiger partial charge in [-0.25, -0.2) is 18.5 Å². The van der Waals surface area contributed by atoms with E-state index < -0.39 is 57.0 Å². The summed E-state index contributed by atoms with van der Waals surface area (Å²) in [5.74, 6) is -0.682. The third kappa shape index (κ3) is 14.8. The van der Waals surface area contributed by atoms with Gasteiger partial charge in [0.05, 0.1) is 43.3 Å². The number of nitriles is 1. The first-order valence-electron chi connectivity index (χ1n) is 20.9. The summed E-state index contributed by atoms with van der Waals surface area (Å²) in [6, 6.07) is 8.80. The molecule has 0 saturated carbocycles. The Bertz CT molecular complexity index is 1830. The fourth-order valence-electron chi connectivity index (χ4n) is 7.27. The van der Waals surface area contributed by atoms with Crippen LogP contribution in [0.15, 0.2) is 36.7 Å². The fraction of sp³-hybridized carbons (Fsp3) is 0.659. The smallest absolute Gasteiger partial charge is 0.387 e. The third-order valence-corrected chi connectivity index (χ3v) is 11.6. The number of hydrogen-bond donors (Lipinski definition) is 6. The molecule has 1 aliphatic rings. The van der Waals surface area contributed by atoms with Crippen LogP contribution in [0.25, 0.3) is 5.52 Å². The topological polar surface area (TPSA) is 236 Å². The zero-order valence-corrected chi connectivity index (χ0v) is 35.3. The molecule has 3 aromatic rings. The van der Waals surface area contributed by atoms with Gasteiger partial charge >= 0.3 is 7.82 Å². The number of aliphatic hydroxyl groups excluding tert-OH is 2. The number of amides is 1. The van der Waals surface area contributed by atoms with E-state index in [1.54, 1.807) is 12.1 Å². The molecule has 1 saturated heterocycles. The number of aliphatic hydroxyl groups is 2. The highest BCUT2D eigenvalue weighted by molar-refractivity contribution is 7.47. The molecular weight excluding hydrogens is 784 g/mol. The van der Waals surface area contributed by atoms with E-state index >= 15 is 0 Å². The van der Waals surface area contributed by atoms with Crippen molar-refractivity contribution in [3.8, 4) is 6.07 Å². The minimum absolute atomic E-state index is 0.0905. The van der Waals surface area contributed by atoms with Crippen LogP contribution in [0.1, 0.15) is 126 Å². The Hall–Kier alpha value is -3.56. The molecule has 1 unspecified atom stereocenters. The summed E-state index contributed by atoms with van der Waals surface area (Å²) in [7, 11) is -3.35. The molecule has 0 bridgehead atoms. The second-order valence-corrected chi connectivity index (χ2v) is 16.6. The van der Waals surface area contributed by atoms with Crippen LogP contribution in [0.3, 0.4) is 0 Å². The molecule has 2 aromatic heterocycles. The maximum atomic E-state index is 14.1. The van der Waals surface area contributed by atoms with Crippen LogP contribution in [0.4, 0.5) is 10.2 Å². The maximum Gasteiger partial charge on any atom is 0.472 e. The van der Waals surface area contributed by atoms with Gasteiger partial charge in [0, 0.05) is 13.0 Å². The van der Waals surface area contributed by atoms with E-state index in [2.05, 4.69) is 27.6 Å². The zero-order chi connectivity index (χ0) is 42.7. The van der Waals surface area contributed by atoms with Crippen LogP contribution in [-0.2, 0) is 40.2 Å². The minimum atomic E-state index is -4.84. The number of nitrogen functional groups attached to an aromatic ring is 1. The molecule has 16 nitrogen and oxygen atoms in total. The van der Waals surface area contributed by atoms with E-state index in [-0.39, 0.29) is 36.1 Å². The Balaban J connectivity index is 1.23.